The van der Waals surface area contributed by atoms with E-state index in [1.807, 2.05) is 0 Å². The van der Waals surface area contributed by atoms with Gasteiger partial charge in [0.1, 0.15) is 11.2 Å². The zero-order valence-electron chi connectivity index (χ0n) is 12.8. The summed E-state index contributed by atoms with van der Waals surface area (Å²) in [7, 11) is 0. The first kappa shape index (κ1) is 16.0. The summed E-state index contributed by atoms with van der Waals surface area (Å²) in [5.74, 6) is -1.08. The van der Waals surface area contributed by atoms with Crippen molar-refractivity contribution in [1.82, 2.24) is 4.90 Å². The zero-order valence-corrected chi connectivity index (χ0v) is 12.8. The summed E-state index contributed by atoms with van der Waals surface area (Å²) in [5, 5.41) is 9.18. The Labute approximate surface area is 124 Å². The Hall–Kier alpha value is -1.34. The fraction of sp³-hybridized carbons (Fsp3) is 0.857. The summed E-state index contributed by atoms with van der Waals surface area (Å²) in [6.07, 6.45) is 0.0391. The minimum absolute atomic E-state index is 0.0324. The molecule has 2 aliphatic rings. The summed E-state index contributed by atoms with van der Waals surface area (Å²) in [6.45, 7) is 6.37. The van der Waals surface area contributed by atoms with Gasteiger partial charge >= 0.3 is 12.1 Å². The molecule has 2 saturated heterocycles. The molecule has 1 amide bonds. The molecule has 7 nitrogen and oxygen atoms in total. The molecule has 1 N–H and O–H groups in total. The van der Waals surface area contributed by atoms with Crippen molar-refractivity contribution >= 4 is 12.1 Å². The number of hydrogen-bond acceptors (Lipinski definition) is 5. The molecular weight excluding hydrogens is 278 g/mol. The quantitative estimate of drug-likeness (QED) is 0.784. The molecule has 0 aromatic rings. The lowest BCUT2D eigenvalue weighted by Gasteiger charge is -2.32. The van der Waals surface area contributed by atoms with Gasteiger partial charge in [0.05, 0.1) is 19.7 Å². The van der Waals surface area contributed by atoms with Crippen molar-refractivity contribution in [3.63, 3.8) is 0 Å². The predicted octanol–water partition coefficient (Wildman–Crippen LogP) is 1.26. The summed E-state index contributed by atoms with van der Waals surface area (Å²) < 4.78 is 16.5. The molecule has 21 heavy (non-hydrogen) atoms. The van der Waals surface area contributed by atoms with Crippen molar-refractivity contribution in [2.45, 2.75) is 50.9 Å². The van der Waals surface area contributed by atoms with Crippen molar-refractivity contribution in [1.29, 1.82) is 0 Å². The van der Waals surface area contributed by atoms with Crippen molar-refractivity contribution < 1.29 is 28.9 Å². The number of aliphatic carboxylic acids is 1. The molecule has 2 rings (SSSR count). The van der Waals surface area contributed by atoms with Crippen LogP contribution >= 0.6 is 0 Å². The van der Waals surface area contributed by atoms with Gasteiger partial charge in [0.25, 0.3) is 0 Å². The van der Waals surface area contributed by atoms with Crippen LogP contribution in [0.2, 0.25) is 0 Å². The van der Waals surface area contributed by atoms with Gasteiger partial charge in [-0.3, -0.25) is 0 Å². The number of hydrogen-bond donors (Lipinski definition) is 1. The first-order valence-corrected chi connectivity index (χ1v) is 7.17. The van der Waals surface area contributed by atoms with E-state index in [1.165, 1.54) is 4.90 Å². The number of nitrogens with zero attached hydrogens (tertiary/aromatic N) is 1. The van der Waals surface area contributed by atoms with Gasteiger partial charge in [-0.1, -0.05) is 0 Å². The first-order valence-electron chi connectivity index (χ1n) is 7.17. The number of carboxylic acids is 1. The van der Waals surface area contributed by atoms with Crippen LogP contribution in [0.15, 0.2) is 0 Å². The van der Waals surface area contributed by atoms with Gasteiger partial charge in [0, 0.05) is 6.61 Å². The molecule has 120 valence electrons. The van der Waals surface area contributed by atoms with Crippen LogP contribution in [0.3, 0.4) is 0 Å². The number of rotatable bonds is 1. The molecule has 0 aliphatic carbocycles. The second-order valence-electron chi connectivity index (χ2n) is 6.63. The molecule has 0 aromatic carbocycles. The van der Waals surface area contributed by atoms with Crippen LogP contribution < -0.4 is 0 Å². The Morgan fingerprint density at radius 2 is 2.10 bits per heavy atom. The molecule has 1 unspecified atom stereocenters. The van der Waals surface area contributed by atoms with E-state index in [9.17, 15) is 14.7 Å². The van der Waals surface area contributed by atoms with Crippen LogP contribution in [0.25, 0.3) is 0 Å². The van der Waals surface area contributed by atoms with Gasteiger partial charge in [-0.2, -0.15) is 0 Å². The minimum Gasteiger partial charge on any atom is -0.479 e. The van der Waals surface area contributed by atoms with E-state index >= 15 is 0 Å². The molecule has 2 heterocycles. The van der Waals surface area contributed by atoms with Crippen LogP contribution in [-0.4, -0.2) is 65.7 Å². The maximum atomic E-state index is 12.3. The third-order valence-corrected chi connectivity index (χ3v) is 3.52. The molecule has 2 atom stereocenters. The highest BCUT2D eigenvalue weighted by molar-refractivity contribution is 5.75. The largest absolute Gasteiger partial charge is 0.479 e. The molecule has 0 aromatic heterocycles. The average molecular weight is 301 g/mol. The standard InChI is InChI=1S/C14H23NO6/c1-13(2,3)21-12(18)15-7-10(11(16)17)19-9-14(8-15)5-4-6-20-14/h10H,4-9H2,1-3H3,(H,16,17)/t10-,14?/m0/s1. The van der Waals surface area contributed by atoms with E-state index in [1.54, 1.807) is 20.8 Å². The maximum absolute atomic E-state index is 12.3. The van der Waals surface area contributed by atoms with E-state index in [-0.39, 0.29) is 13.2 Å². The first-order chi connectivity index (χ1) is 9.71. The fourth-order valence-electron chi connectivity index (χ4n) is 2.57. The van der Waals surface area contributed by atoms with Crippen LogP contribution in [-0.2, 0) is 19.0 Å². The maximum Gasteiger partial charge on any atom is 0.410 e. The highest BCUT2D eigenvalue weighted by atomic mass is 16.6. The third kappa shape index (κ3) is 4.07. The van der Waals surface area contributed by atoms with Gasteiger partial charge in [-0.15, -0.1) is 0 Å². The summed E-state index contributed by atoms with van der Waals surface area (Å²) >= 11 is 0. The zero-order chi connectivity index (χ0) is 15.7. The van der Waals surface area contributed by atoms with Crippen LogP contribution in [0.4, 0.5) is 4.79 Å². The van der Waals surface area contributed by atoms with Crippen LogP contribution in [0.5, 0.6) is 0 Å². The monoisotopic (exact) mass is 301 g/mol. The Morgan fingerprint density at radius 1 is 1.38 bits per heavy atom. The summed E-state index contributed by atoms with van der Waals surface area (Å²) in [5.41, 5.74) is -1.24. The second-order valence-corrected chi connectivity index (χ2v) is 6.63. The Morgan fingerprint density at radius 3 is 2.62 bits per heavy atom. The van der Waals surface area contributed by atoms with Crippen molar-refractivity contribution in [3.8, 4) is 0 Å². The molecule has 7 heteroatoms. The van der Waals surface area contributed by atoms with Gasteiger partial charge in [0.2, 0.25) is 0 Å². The molecule has 2 fully saturated rings. The predicted molar refractivity (Wildman–Crippen MR) is 73.1 cm³/mol. The molecule has 0 bridgehead atoms. The molecular formula is C14H23NO6. The van der Waals surface area contributed by atoms with Crippen molar-refractivity contribution in [3.05, 3.63) is 0 Å². The number of amides is 1. The molecule has 1 spiro atoms. The Balaban J connectivity index is 2.15. The summed E-state index contributed by atoms with van der Waals surface area (Å²) in [6, 6.07) is 0. The molecule has 0 saturated carbocycles. The molecule has 2 aliphatic heterocycles. The summed E-state index contributed by atoms with van der Waals surface area (Å²) in [4.78, 5) is 24.9. The van der Waals surface area contributed by atoms with Crippen molar-refractivity contribution in [2.75, 3.05) is 26.3 Å². The lowest BCUT2D eigenvalue weighted by Crippen LogP contribution is -2.48. The van der Waals surface area contributed by atoms with Crippen molar-refractivity contribution in [2.24, 2.45) is 0 Å². The SMILES string of the molecule is CC(C)(C)OC(=O)N1C[C@@H](C(=O)O)OCC2(CCCO2)C1. The lowest BCUT2D eigenvalue weighted by molar-refractivity contribution is -0.153. The van der Waals surface area contributed by atoms with E-state index < -0.39 is 29.4 Å². The van der Waals surface area contributed by atoms with Gasteiger partial charge < -0.3 is 24.2 Å². The normalized spacial score (nSPS) is 30.2. The molecule has 0 radical (unpaired) electrons. The third-order valence-electron chi connectivity index (χ3n) is 3.52. The van der Waals surface area contributed by atoms with Crippen LogP contribution in [0, 0.1) is 0 Å². The highest BCUT2D eigenvalue weighted by Gasteiger charge is 2.44. The number of carbonyl (C=O) groups excluding carboxylic acids is 1. The fourth-order valence-corrected chi connectivity index (χ4v) is 2.57. The van der Waals surface area contributed by atoms with Crippen LogP contribution in [0.1, 0.15) is 33.6 Å². The van der Waals surface area contributed by atoms with Gasteiger partial charge in [-0.05, 0) is 33.6 Å². The lowest BCUT2D eigenvalue weighted by atomic mass is 10.0. The number of ether oxygens (including phenoxy) is 3. The van der Waals surface area contributed by atoms with E-state index in [0.717, 1.165) is 12.8 Å². The average Bonchev–Trinajstić information content (AvgIpc) is 2.68. The highest BCUT2D eigenvalue weighted by Crippen LogP contribution is 2.30. The van der Waals surface area contributed by atoms with E-state index in [4.69, 9.17) is 14.2 Å². The topological polar surface area (TPSA) is 85.3 Å². The van der Waals surface area contributed by atoms with Gasteiger partial charge in [-0.25, -0.2) is 9.59 Å². The van der Waals surface area contributed by atoms with E-state index in [0.29, 0.717) is 13.2 Å². The van der Waals surface area contributed by atoms with E-state index in [2.05, 4.69) is 0 Å². The Kier molecular flexibility index (Phi) is 4.43. The second kappa shape index (κ2) is 5.81. The smallest absolute Gasteiger partial charge is 0.410 e. The Bertz CT molecular complexity index is 410. The number of carbonyl (C=O) groups is 2. The van der Waals surface area contributed by atoms with Gasteiger partial charge in [0.15, 0.2) is 6.10 Å². The minimum atomic E-state index is -1.08. The number of carboxylic acid groups (broad SMARTS) is 1.